The fraction of sp³-hybridized carbons (Fsp3) is 0.769. The van der Waals surface area contributed by atoms with Gasteiger partial charge in [0.05, 0.1) is 6.61 Å². The minimum atomic E-state index is -0.583. The lowest BCUT2D eigenvalue weighted by Crippen LogP contribution is -2.48. The highest BCUT2D eigenvalue weighted by Gasteiger charge is 2.32. The largest absolute Gasteiger partial charge is 0.465 e. The summed E-state index contributed by atoms with van der Waals surface area (Å²) in [7, 11) is 1.80. The van der Waals surface area contributed by atoms with Crippen LogP contribution in [0.5, 0.6) is 0 Å². The Hall–Kier alpha value is -0.660. The zero-order chi connectivity index (χ0) is 15.0. The highest BCUT2D eigenvalue weighted by atomic mass is 32.2. The number of rotatable bonds is 9. The monoisotopic (exact) mass is 317 g/mol. The van der Waals surface area contributed by atoms with Gasteiger partial charge in [-0.3, -0.25) is 4.79 Å². The molecule has 0 amide bonds. The Morgan fingerprint density at radius 1 is 1.45 bits per heavy atom. The van der Waals surface area contributed by atoms with Crippen molar-refractivity contribution < 1.29 is 9.53 Å². The molecule has 0 saturated heterocycles. The van der Waals surface area contributed by atoms with Gasteiger partial charge < -0.3 is 10.1 Å². The summed E-state index contributed by atoms with van der Waals surface area (Å²) in [5, 5.41) is 12.1. The number of aryl methyl sites for hydroxylation is 1. The SMILES string of the molecule is CCOC(=O)C(C)(CCCCSc1nnc(C)s1)NC. The number of unbranched alkanes of at least 4 members (excludes halogenated alkanes) is 1. The fourth-order valence-corrected chi connectivity index (χ4v) is 3.58. The Kier molecular flexibility index (Phi) is 7.47. The van der Waals surface area contributed by atoms with Crippen molar-refractivity contribution in [3.63, 3.8) is 0 Å². The fourth-order valence-electron chi connectivity index (χ4n) is 1.70. The summed E-state index contributed by atoms with van der Waals surface area (Å²) in [6, 6.07) is 0. The number of likely N-dealkylation sites (N-methyl/N-ethyl adjacent to an activating group) is 1. The van der Waals surface area contributed by atoms with Crippen LogP contribution >= 0.6 is 23.1 Å². The number of ether oxygens (including phenoxy) is 1. The van der Waals surface area contributed by atoms with Gasteiger partial charge in [0.2, 0.25) is 0 Å². The molecular formula is C13H23N3O2S2. The molecule has 1 unspecified atom stereocenters. The maximum Gasteiger partial charge on any atom is 0.326 e. The van der Waals surface area contributed by atoms with Crippen molar-refractivity contribution >= 4 is 29.1 Å². The van der Waals surface area contributed by atoms with Gasteiger partial charge in [-0.1, -0.05) is 29.5 Å². The van der Waals surface area contributed by atoms with Crippen LogP contribution in [0.4, 0.5) is 0 Å². The molecule has 1 aromatic heterocycles. The molecule has 0 bridgehead atoms. The van der Waals surface area contributed by atoms with E-state index >= 15 is 0 Å². The summed E-state index contributed by atoms with van der Waals surface area (Å²) in [5.41, 5.74) is -0.583. The van der Waals surface area contributed by atoms with E-state index < -0.39 is 5.54 Å². The number of aromatic nitrogens is 2. The summed E-state index contributed by atoms with van der Waals surface area (Å²) >= 11 is 3.35. The smallest absolute Gasteiger partial charge is 0.326 e. The van der Waals surface area contributed by atoms with Crippen molar-refractivity contribution in [1.29, 1.82) is 0 Å². The van der Waals surface area contributed by atoms with E-state index in [0.717, 1.165) is 34.4 Å². The molecule has 1 heterocycles. The van der Waals surface area contributed by atoms with Crippen molar-refractivity contribution in [3.8, 4) is 0 Å². The van der Waals surface area contributed by atoms with E-state index in [2.05, 4.69) is 15.5 Å². The zero-order valence-corrected chi connectivity index (χ0v) is 14.2. The maximum atomic E-state index is 11.9. The van der Waals surface area contributed by atoms with Gasteiger partial charge in [-0.05, 0) is 40.7 Å². The van der Waals surface area contributed by atoms with Gasteiger partial charge in [-0.25, -0.2) is 0 Å². The van der Waals surface area contributed by atoms with Gasteiger partial charge >= 0.3 is 5.97 Å². The van der Waals surface area contributed by atoms with E-state index in [-0.39, 0.29) is 5.97 Å². The van der Waals surface area contributed by atoms with Crippen molar-refractivity contribution in [1.82, 2.24) is 15.5 Å². The number of carbonyl (C=O) groups excluding carboxylic acids is 1. The number of nitrogens with zero attached hydrogens (tertiary/aromatic N) is 2. The summed E-state index contributed by atoms with van der Waals surface area (Å²) in [6.07, 6.45) is 2.79. The molecule has 0 fully saturated rings. The highest BCUT2D eigenvalue weighted by molar-refractivity contribution is 8.01. The lowest BCUT2D eigenvalue weighted by Gasteiger charge is -2.26. The first kappa shape index (κ1) is 17.4. The van der Waals surface area contributed by atoms with E-state index in [0.29, 0.717) is 6.61 Å². The number of hydrogen-bond donors (Lipinski definition) is 1. The molecule has 1 rings (SSSR count). The van der Waals surface area contributed by atoms with Crippen LogP contribution in [-0.4, -0.2) is 41.1 Å². The van der Waals surface area contributed by atoms with Gasteiger partial charge in [0.1, 0.15) is 10.5 Å². The highest BCUT2D eigenvalue weighted by Crippen LogP contribution is 2.24. The van der Waals surface area contributed by atoms with Gasteiger partial charge in [0.15, 0.2) is 4.34 Å². The molecule has 1 atom stereocenters. The topological polar surface area (TPSA) is 64.1 Å². The Morgan fingerprint density at radius 3 is 2.75 bits per heavy atom. The number of thioether (sulfide) groups is 1. The predicted octanol–water partition coefficient (Wildman–Crippen LogP) is 2.65. The van der Waals surface area contributed by atoms with E-state index in [1.165, 1.54) is 0 Å². The third-order valence-corrected chi connectivity index (χ3v) is 5.14. The predicted molar refractivity (Wildman–Crippen MR) is 83.3 cm³/mol. The van der Waals surface area contributed by atoms with Crippen molar-refractivity contribution in [2.75, 3.05) is 19.4 Å². The van der Waals surface area contributed by atoms with E-state index in [4.69, 9.17) is 4.74 Å². The Labute approximate surface area is 128 Å². The lowest BCUT2D eigenvalue weighted by molar-refractivity contribution is -0.150. The maximum absolute atomic E-state index is 11.9. The number of nitrogens with one attached hydrogen (secondary N) is 1. The van der Waals surface area contributed by atoms with Crippen LogP contribution in [0.2, 0.25) is 0 Å². The van der Waals surface area contributed by atoms with Gasteiger partial charge in [0, 0.05) is 5.75 Å². The van der Waals surface area contributed by atoms with E-state index in [9.17, 15) is 4.79 Å². The quantitative estimate of drug-likeness (QED) is 0.429. The summed E-state index contributed by atoms with van der Waals surface area (Å²) in [6.45, 7) is 6.10. The molecule has 20 heavy (non-hydrogen) atoms. The van der Waals surface area contributed by atoms with E-state index in [1.54, 1.807) is 30.1 Å². The Morgan fingerprint density at radius 2 is 2.20 bits per heavy atom. The summed E-state index contributed by atoms with van der Waals surface area (Å²) in [5.74, 6) is 0.826. The second kappa shape index (κ2) is 8.59. The molecule has 0 saturated carbocycles. The second-order valence-electron chi connectivity index (χ2n) is 4.70. The standard InChI is InChI=1S/C13H23N3O2S2/c1-5-18-11(17)13(3,14-4)8-6-7-9-19-12-16-15-10(2)20-12/h14H,5-9H2,1-4H3. The molecule has 1 N–H and O–H groups in total. The molecule has 114 valence electrons. The molecule has 1 aromatic rings. The number of esters is 1. The molecule has 0 radical (unpaired) electrons. The Balaban J connectivity index is 2.26. The molecule has 7 heteroatoms. The van der Waals surface area contributed by atoms with Gasteiger partial charge in [0.25, 0.3) is 0 Å². The lowest BCUT2D eigenvalue weighted by atomic mass is 9.95. The Bertz CT molecular complexity index is 426. The first-order chi connectivity index (χ1) is 9.51. The van der Waals surface area contributed by atoms with Crippen LogP contribution in [0.15, 0.2) is 4.34 Å². The van der Waals surface area contributed by atoms with Crippen LogP contribution in [0, 0.1) is 6.92 Å². The van der Waals surface area contributed by atoms with Gasteiger partial charge in [-0.2, -0.15) is 0 Å². The molecule has 0 spiro atoms. The number of carbonyl (C=O) groups is 1. The minimum absolute atomic E-state index is 0.171. The second-order valence-corrected chi connectivity index (χ2v) is 7.22. The average molecular weight is 317 g/mol. The molecule has 0 aliphatic rings. The first-order valence-corrected chi connectivity index (χ1v) is 8.61. The normalized spacial score (nSPS) is 14.0. The molecule has 5 nitrogen and oxygen atoms in total. The molecule has 0 aromatic carbocycles. The molecule has 0 aliphatic carbocycles. The minimum Gasteiger partial charge on any atom is -0.465 e. The van der Waals surface area contributed by atoms with Crippen LogP contribution in [0.25, 0.3) is 0 Å². The molecular weight excluding hydrogens is 294 g/mol. The van der Waals surface area contributed by atoms with Crippen LogP contribution in [-0.2, 0) is 9.53 Å². The summed E-state index contributed by atoms with van der Waals surface area (Å²) in [4.78, 5) is 11.9. The third kappa shape index (κ3) is 5.38. The van der Waals surface area contributed by atoms with Crippen molar-refractivity contribution in [2.24, 2.45) is 0 Å². The van der Waals surface area contributed by atoms with Crippen LogP contribution in [0.1, 0.15) is 38.1 Å². The van der Waals surface area contributed by atoms with Crippen molar-refractivity contribution in [2.45, 2.75) is 49.9 Å². The van der Waals surface area contributed by atoms with E-state index in [1.807, 2.05) is 20.8 Å². The first-order valence-electron chi connectivity index (χ1n) is 6.81. The van der Waals surface area contributed by atoms with Gasteiger partial charge in [-0.15, -0.1) is 10.2 Å². The average Bonchev–Trinajstić information content (AvgIpc) is 2.84. The number of hydrogen-bond acceptors (Lipinski definition) is 7. The third-order valence-electron chi connectivity index (χ3n) is 3.08. The zero-order valence-electron chi connectivity index (χ0n) is 12.6. The van der Waals surface area contributed by atoms with Crippen molar-refractivity contribution in [3.05, 3.63) is 5.01 Å². The van der Waals surface area contributed by atoms with Crippen LogP contribution < -0.4 is 5.32 Å². The summed E-state index contributed by atoms with van der Waals surface area (Å²) < 4.78 is 6.12. The molecule has 0 aliphatic heterocycles. The van der Waals surface area contributed by atoms with Crippen LogP contribution in [0.3, 0.4) is 0 Å².